The number of rotatable bonds is 0. The second kappa shape index (κ2) is 1.91. The molecule has 2 rings (SSSR count). The van der Waals surface area contributed by atoms with Crippen molar-refractivity contribution in [3.8, 4) is 0 Å². The van der Waals surface area contributed by atoms with Crippen molar-refractivity contribution in [2.75, 3.05) is 0 Å². The minimum atomic E-state index is -0.209. The van der Waals surface area contributed by atoms with Crippen molar-refractivity contribution in [3.05, 3.63) is 22.2 Å². The molecule has 0 spiro atoms. The van der Waals surface area contributed by atoms with Gasteiger partial charge >= 0.3 is 0 Å². The number of fused-ring (bicyclic) bond motifs is 1. The molecule has 5 heteroatoms. The summed E-state index contributed by atoms with van der Waals surface area (Å²) in [6.45, 7) is 1.80. The monoisotopic (exact) mass is 150 g/mol. The Morgan fingerprint density at radius 1 is 1.45 bits per heavy atom. The number of nitrogens with one attached hydrogen (secondary N) is 2. The van der Waals surface area contributed by atoms with Crippen LogP contribution in [0.2, 0.25) is 0 Å². The molecule has 0 aliphatic carbocycles. The molecule has 0 unspecified atom stereocenters. The largest absolute Gasteiger partial charge is 0.276 e. The van der Waals surface area contributed by atoms with E-state index in [1.807, 2.05) is 0 Å². The van der Waals surface area contributed by atoms with Gasteiger partial charge < -0.3 is 0 Å². The Morgan fingerprint density at radius 3 is 3.00 bits per heavy atom. The molecule has 0 aromatic carbocycles. The third-order valence-electron chi connectivity index (χ3n) is 1.57. The summed E-state index contributed by atoms with van der Waals surface area (Å²) < 4.78 is 0. The van der Waals surface area contributed by atoms with Crippen LogP contribution in [-0.4, -0.2) is 20.4 Å². The maximum absolute atomic E-state index is 11.0. The van der Waals surface area contributed by atoms with Crippen LogP contribution in [0.4, 0.5) is 0 Å². The molecule has 11 heavy (non-hydrogen) atoms. The summed E-state index contributed by atoms with van der Waals surface area (Å²) in [5, 5.41) is 13.1. The van der Waals surface area contributed by atoms with Crippen molar-refractivity contribution in [1.82, 2.24) is 20.4 Å². The van der Waals surface area contributed by atoms with E-state index in [-0.39, 0.29) is 5.56 Å². The summed E-state index contributed by atoms with van der Waals surface area (Å²) in [6.07, 6.45) is 1.49. The molecular formula is C6H6N4O. The lowest BCUT2D eigenvalue weighted by molar-refractivity contribution is 0.964. The Hall–Kier alpha value is -1.65. The summed E-state index contributed by atoms with van der Waals surface area (Å²) >= 11 is 0. The number of aromatic nitrogens is 4. The average Bonchev–Trinajstić information content (AvgIpc) is 2.45. The zero-order chi connectivity index (χ0) is 7.84. The van der Waals surface area contributed by atoms with Gasteiger partial charge in [0.15, 0.2) is 0 Å². The van der Waals surface area contributed by atoms with E-state index in [4.69, 9.17) is 0 Å². The lowest BCUT2D eigenvalue weighted by Crippen LogP contribution is -2.08. The van der Waals surface area contributed by atoms with Gasteiger partial charge in [-0.15, -0.1) is 0 Å². The van der Waals surface area contributed by atoms with Crippen LogP contribution in [-0.2, 0) is 0 Å². The van der Waals surface area contributed by atoms with E-state index in [2.05, 4.69) is 20.4 Å². The summed E-state index contributed by atoms with van der Waals surface area (Å²) in [7, 11) is 0. The molecule has 0 aliphatic rings. The van der Waals surface area contributed by atoms with Crippen LogP contribution in [0.1, 0.15) is 5.69 Å². The number of aryl methyl sites for hydroxylation is 1. The molecule has 0 amide bonds. The quantitative estimate of drug-likeness (QED) is 0.553. The second-order valence-corrected chi connectivity index (χ2v) is 2.30. The van der Waals surface area contributed by atoms with E-state index in [1.54, 1.807) is 6.92 Å². The van der Waals surface area contributed by atoms with Gasteiger partial charge in [-0.05, 0) is 6.92 Å². The van der Waals surface area contributed by atoms with Gasteiger partial charge in [0.05, 0.1) is 22.8 Å². The van der Waals surface area contributed by atoms with Crippen LogP contribution in [0, 0.1) is 6.92 Å². The van der Waals surface area contributed by atoms with Gasteiger partial charge in [-0.3, -0.25) is 9.89 Å². The maximum atomic E-state index is 11.0. The van der Waals surface area contributed by atoms with E-state index in [0.717, 1.165) is 5.69 Å². The minimum absolute atomic E-state index is 0.209. The fraction of sp³-hybridized carbons (Fsp3) is 0.167. The van der Waals surface area contributed by atoms with Crippen LogP contribution < -0.4 is 5.56 Å². The molecule has 56 valence electrons. The number of H-pyrrole nitrogens is 2. The first-order valence-electron chi connectivity index (χ1n) is 3.17. The van der Waals surface area contributed by atoms with Crippen molar-refractivity contribution in [2.24, 2.45) is 0 Å². The van der Waals surface area contributed by atoms with Crippen molar-refractivity contribution < 1.29 is 0 Å². The van der Waals surface area contributed by atoms with Crippen LogP contribution in [0.25, 0.3) is 10.9 Å². The van der Waals surface area contributed by atoms with E-state index in [9.17, 15) is 4.79 Å². The van der Waals surface area contributed by atoms with Crippen molar-refractivity contribution in [1.29, 1.82) is 0 Å². The van der Waals surface area contributed by atoms with Gasteiger partial charge in [0.25, 0.3) is 5.56 Å². The van der Waals surface area contributed by atoms with Crippen molar-refractivity contribution >= 4 is 10.9 Å². The van der Waals surface area contributed by atoms with Crippen molar-refractivity contribution in [3.63, 3.8) is 0 Å². The number of hydrogen-bond donors (Lipinski definition) is 2. The van der Waals surface area contributed by atoms with Crippen LogP contribution in [0.3, 0.4) is 0 Å². The van der Waals surface area contributed by atoms with E-state index in [1.165, 1.54) is 6.20 Å². The first-order chi connectivity index (χ1) is 5.29. The Balaban J connectivity index is 3.08. The Labute approximate surface area is 61.4 Å². The van der Waals surface area contributed by atoms with Crippen LogP contribution >= 0.6 is 0 Å². The predicted octanol–water partition coefficient (Wildman–Crippen LogP) is -0.0454. The molecule has 0 atom stereocenters. The van der Waals surface area contributed by atoms with Gasteiger partial charge in [-0.25, -0.2) is 5.10 Å². The van der Waals surface area contributed by atoms with E-state index >= 15 is 0 Å². The molecule has 2 N–H and O–H groups in total. The van der Waals surface area contributed by atoms with Crippen LogP contribution in [0.5, 0.6) is 0 Å². The Kier molecular flexibility index (Phi) is 1.06. The second-order valence-electron chi connectivity index (χ2n) is 2.30. The van der Waals surface area contributed by atoms with Crippen LogP contribution in [0.15, 0.2) is 11.0 Å². The summed E-state index contributed by atoms with van der Waals surface area (Å²) in [5.41, 5.74) is 1.24. The first-order valence-corrected chi connectivity index (χ1v) is 3.17. The molecule has 0 saturated carbocycles. The summed E-state index contributed by atoms with van der Waals surface area (Å²) in [5.74, 6) is 0. The summed E-state index contributed by atoms with van der Waals surface area (Å²) in [4.78, 5) is 11.0. The zero-order valence-corrected chi connectivity index (χ0v) is 5.88. The molecule has 0 fully saturated rings. The molecular weight excluding hydrogens is 144 g/mol. The normalized spacial score (nSPS) is 10.6. The molecule has 0 saturated heterocycles. The standard InChI is InChI=1S/C6H6N4O/c1-3-5-4(2-7-9-5)6(11)10-8-3/h2H,1H3,(H,7,9)(H,10,11). The third-order valence-corrected chi connectivity index (χ3v) is 1.57. The molecule has 0 radical (unpaired) electrons. The van der Waals surface area contributed by atoms with Gasteiger partial charge in [0.1, 0.15) is 0 Å². The van der Waals surface area contributed by atoms with Gasteiger partial charge in [-0.2, -0.15) is 10.2 Å². The van der Waals surface area contributed by atoms with Crippen molar-refractivity contribution in [2.45, 2.75) is 6.92 Å². The van der Waals surface area contributed by atoms with Gasteiger partial charge in [-0.1, -0.05) is 0 Å². The molecule has 5 nitrogen and oxygen atoms in total. The highest BCUT2D eigenvalue weighted by Crippen LogP contribution is 2.05. The van der Waals surface area contributed by atoms with E-state index < -0.39 is 0 Å². The fourth-order valence-electron chi connectivity index (χ4n) is 0.985. The molecule has 2 aromatic rings. The maximum Gasteiger partial charge on any atom is 0.275 e. The number of aromatic amines is 2. The fourth-order valence-corrected chi connectivity index (χ4v) is 0.985. The number of hydrogen-bond acceptors (Lipinski definition) is 3. The van der Waals surface area contributed by atoms with E-state index in [0.29, 0.717) is 10.9 Å². The lowest BCUT2D eigenvalue weighted by Gasteiger charge is -1.89. The topological polar surface area (TPSA) is 74.4 Å². The minimum Gasteiger partial charge on any atom is -0.276 e. The predicted molar refractivity (Wildman–Crippen MR) is 39.2 cm³/mol. The SMILES string of the molecule is Cc1n[nH]c(=O)c2cn[nH]c12. The zero-order valence-electron chi connectivity index (χ0n) is 5.88. The molecule has 2 heterocycles. The lowest BCUT2D eigenvalue weighted by atomic mass is 10.3. The highest BCUT2D eigenvalue weighted by atomic mass is 16.1. The highest BCUT2D eigenvalue weighted by Gasteiger charge is 2.02. The summed E-state index contributed by atoms with van der Waals surface area (Å²) in [6, 6.07) is 0. The highest BCUT2D eigenvalue weighted by molar-refractivity contribution is 5.78. The number of nitrogens with zero attached hydrogens (tertiary/aromatic N) is 2. The first kappa shape index (κ1) is 6.09. The molecule has 0 aliphatic heterocycles. The Morgan fingerprint density at radius 2 is 2.27 bits per heavy atom. The van der Waals surface area contributed by atoms with Gasteiger partial charge in [0.2, 0.25) is 0 Å². The average molecular weight is 150 g/mol. The smallest absolute Gasteiger partial charge is 0.275 e. The molecule has 2 aromatic heterocycles. The molecule has 0 bridgehead atoms. The Bertz CT molecular complexity index is 441. The van der Waals surface area contributed by atoms with Gasteiger partial charge in [0, 0.05) is 0 Å². The third kappa shape index (κ3) is 0.739.